The quantitative estimate of drug-likeness (QED) is 0.748. The summed E-state index contributed by atoms with van der Waals surface area (Å²) in [4.78, 5) is 14.2. The zero-order valence-electron chi connectivity index (χ0n) is 14.9. The number of amides is 1. The number of ether oxygens (including phenoxy) is 1. The van der Waals surface area contributed by atoms with Gasteiger partial charge in [-0.15, -0.1) is 11.8 Å². The molecule has 0 N–H and O–H groups in total. The Morgan fingerprint density at radius 3 is 2.52 bits per heavy atom. The average Bonchev–Trinajstić information content (AvgIpc) is 2.90. The van der Waals surface area contributed by atoms with Crippen molar-refractivity contribution in [1.29, 1.82) is 0 Å². The van der Waals surface area contributed by atoms with E-state index in [-0.39, 0.29) is 11.9 Å². The number of likely N-dealkylation sites (N-methyl/N-ethyl adjacent to an activating group) is 2. The number of carbonyl (C=O) groups excluding carboxylic acids is 1. The molecule has 1 aromatic rings. The molecule has 5 heteroatoms. The average molecular weight is 338 g/mol. The highest BCUT2D eigenvalue weighted by Crippen LogP contribution is 2.34. The van der Waals surface area contributed by atoms with Crippen molar-refractivity contribution < 1.29 is 14.0 Å². The van der Waals surface area contributed by atoms with Crippen molar-refractivity contribution in [3.05, 3.63) is 29.8 Å². The zero-order chi connectivity index (χ0) is 17.0. The molecule has 0 spiro atoms. The first kappa shape index (κ1) is 18.1. The molecular weight excluding hydrogens is 308 g/mol. The molecule has 4 nitrogen and oxygen atoms in total. The SMILES string of the molecule is CC[N+]1(C)C[C@@H](SCc2ccc(OC)cc2)C[C@H]1C(=O)N(C)C. The maximum Gasteiger partial charge on any atom is 0.280 e. The van der Waals surface area contributed by atoms with Gasteiger partial charge in [0, 0.05) is 26.3 Å². The summed E-state index contributed by atoms with van der Waals surface area (Å²) in [6.45, 7) is 4.26. The summed E-state index contributed by atoms with van der Waals surface area (Å²) in [6.07, 6.45) is 0.974. The molecule has 1 fully saturated rings. The number of hydrogen-bond donors (Lipinski definition) is 0. The van der Waals surface area contributed by atoms with Gasteiger partial charge in [-0.25, -0.2) is 0 Å². The van der Waals surface area contributed by atoms with Gasteiger partial charge in [0.25, 0.3) is 5.91 Å². The van der Waals surface area contributed by atoms with E-state index in [2.05, 4.69) is 26.1 Å². The molecule has 0 saturated carbocycles. The predicted octanol–water partition coefficient (Wildman–Crippen LogP) is 2.62. The molecule has 0 aromatic heterocycles. The second-order valence-electron chi connectivity index (χ2n) is 6.74. The highest BCUT2D eigenvalue weighted by molar-refractivity contribution is 7.99. The van der Waals surface area contributed by atoms with Crippen LogP contribution in [0.5, 0.6) is 5.75 Å². The van der Waals surface area contributed by atoms with E-state index in [1.807, 2.05) is 38.0 Å². The van der Waals surface area contributed by atoms with Crippen LogP contribution in [0.1, 0.15) is 18.9 Å². The lowest BCUT2D eigenvalue weighted by Gasteiger charge is -2.35. The molecule has 0 aliphatic carbocycles. The summed E-state index contributed by atoms with van der Waals surface area (Å²) < 4.78 is 6.06. The third-order valence-corrected chi connectivity index (χ3v) is 6.27. The van der Waals surface area contributed by atoms with Crippen molar-refractivity contribution in [2.75, 3.05) is 41.3 Å². The van der Waals surface area contributed by atoms with Gasteiger partial charge in [0.2, 0.25) is 0 Å². The van der Waals surface area contributed by atoms with E-state index in [1.165, 1.54) is 5.56 Å². The van der Waals surface area contributed by atoms with Crippen LogP contribution in [0.3, 0.4) is 0 Å². The summed E-state index contributed by atoms with van der Waals surface area (Å²) in [5.41, 5.74) is 1.31. The van der Waals surface area contributed by atoms with Gasteiger partial charge in [0.15, 0.2) is 6.04 Å². The van der Waals surface area contributed by atoms with Gasteiger partial charge < -0.3 is 14.1 Å². The lowest BCUT2D eigenvalue weighted by molar-refractivity contribution is -0.910. The smallest absolute Gasteiger partial charge is 0.280 e. The molecule has 0 bridgehead atoms. The second-order valence-corrected chi connectivity index (χ2v) is 8.03. The van der Waals surface area contributed by atoms with Crippen molar-refractivity contribution >= 4 is 17.7 Å². The van der Waals surface area contributed by atoms with Gasteiger partial charge in [-0.1, -0.05) is 12.1 Å². The van der Waals surface area contributed by atoms with Gasteiger partial charge in [-0.3, -0.25) is 4.79 Å². The number of quaternary nitrogens is 1. The Bertz CT molecular complexity index is 532. The van der Waals surface area contributed by atoms with Gasteiger partial charge >= 0.3 is 0 Å². The van der Waals surface area contributed by atoms with Crippen molar-refractivity contribution in [2.24, 2.45) is 0 Å². The van der Waals surface area contributed by atoms with Crippen LogP contribution in [0, 0.1) is 0 Å². The summed E-state index contributed by atoms with van der Waals surface area (Å²) in [5.74, 6) is 2.15. The molecule has 1 aliphatic rings. The largest absolute Gasteiger partial charge is 0.497 e. The molecule has 1 amide bonds. The standard InChI is InChI=1S/C18H29N2O2S/c1-6-20(4)12-16(11-17(20)18(21)19(2)3)23-13-14-7-9-15(22-5)10-8-14/h7-10,16-17H,6,11-13H2,1-5H3/q+1/t16-,17-,20?/m0/s1. The number of benzene rings is 1. The van der Waals surface area contributed by atoms with Crippen molar-refractivity contribution in [2.45, 2.75) is 30.4 Å². The van der Waals surface area contributed by atoms with E-state index in [0.29, 0.717) is 5.25 Å². The summed E-state index contributed by atoms with van der Waals surface area (Å²) in [7, 11) is 7.63. The zero-order valence-corrected chi connectivity index (χ0v) is 15.7. The number of methoxy groups -OCH3 is 1. The molecule has 1 aliphatic heterocycles. The summed E-state index contributed by atoms with van der Waals surface area (Å²) >= 11 is 1.97. The van der Waals surface area contributed by atoms with E-state index in [0.717, 1.165) is 35.5 Å². The Morgan fingerprint density at radius 2 is 2.00 bits per heavy atom. The Kier molecular flexibility index (Phi) is 5.98. The molecule has 0 radical (unpaired) electrons. The number of hydrogen-bond acceptors (Lipinski definition) is 3. The number of thioether (sulfide) groups is 1. The minimum Gasteiger partial charge on any atom is -0.497 e. The fourth-order valence-corrected chi connectivity index (χ4v) is 4.63. The number of rotatable bonds is 6. The lowest BCUT2D eigenvalue weighted by atomic mass is 10.2. The van der Waals surface area contributed by atoms with Gasteiger partial charge in [-0.05, 0) is 24.6 Å². The third-order valence-electron chi connectivity index (χ3n) is 4.95. The van der Waals surface area contributed by atoms with Crippen LogP contribution < -0.4 is 4.74 Å². The summed E-state index contributed by atoms with van der Waals surface area (Å²) in [6, 6.07) is 8.36. The maximum atomic E-state index is 12.5. The van der Waals surface area contributed by atoms with Crippen LogP contribution in [0.2, 0.25) is 0 Å². The monoisotopic (exact) mass is 337 g/mol. The Balaban J connectivity index is 1.97. The Labute approximate surface area is 144 Å². The molecule has 1 unspecified atom stereocenters. The first-order valence-electron chi connectivity index (χ1n) is 8.19. The highest BCUT2D eigenvalue weighted by Gasteiger charge is 2.47. The minimum atomic E-state index is 0.100. The van der Waals surface area contributed by atoms with E-state index >= 15 is 0 Å². The molecule has 128 valence electrons. The van der Waals surface area contributed by atoms with Crippen molar-refractivity contribution in [3.63, 3.8) is 0 Å². The first-order valence-corrected chi connectivity index (χ1v) is 9.24. The fourth-order valence-electron chi connectivity index (χ4n) is 3.24. The Hall–Kier alpha value is -1.20. The minimum absolute atomic E-state index is 0.100. The fraction of sp³-hybridized carbons (Fsp3) is 0.611. The van der Waals surface area contributed by atoms with E-state index in [9.17, 15) is 4.79 Å². The van der Waals surface area contributed by atoms with Crippen LogP contribution >= 0.6 is 11.8 Å². The molecule has 23 heavy (non-hydrogen) atoms. The van der Waals surface area contributed by atoms with Crippen molar-refractivity contribution in [1.82, 2.24) is 4.90 Å². The van der Waals surface area contributed by atoms with E-state index in [1.54, 1.807) is 12.0 Å². The van der Waals surface area contributed by atoms with Gasteiger partial charge in [-0.2, -0.15) is 0 Å². The van der Waals surface area contributed by atoms with Crippen LogP contribution in [0.4, 0.5) is 0 Å². The molecule has 3 atom stereocenters. The second kappa shape index (κ2) is 7.58. The molecule has 1 aromatic carbocycles. The molecular formula is C18H29N2O2S+. The first-order chi connectivity index (χ1) is 10.9. The topological polar surface area (TPSA) is 29.5 Å². The normalized spacial score (nSPS) is 27.0. The van der Waals surface area contributed by atoms with Crippen molar-refractivity contribution in [3.8, 4) is 5.75 Å². The molecule has 2 rings (SSSR count). The van der Waals surface area contributed by atoms with Crippen LogP contribution in [0.25, 0.3) is 0 Å². The third kappa shape index (κ3) is 4.21. The van der Waals surface area contributed by atoms with Gasteiger partial charge in [0.1, 0.15) is 5.75 Å². The van der Waals surface area contributed by atoms with E-state index in [4.69, 9.17) is 4.74 Å². The molecule has 1 heterocycles. The maximum absolute atomic E-state index is 12.5. The Morgan fingerprint density at radius 1 is 1.35 bits per heavy atom. The lowest BCUT2D eigenvalue weighted by Crippen LogP contribution is -2.54. The number of carbonyl (C=O) groups is 1. The molecule has 1 saturated heterocycles. The highest BCUT2D eigenvalue weighted by atomic mass is 32.2. The number of nitrogens with zero attached hydrogens (tertiary/aromatic N) is 2. The van der Waals surface area contributed by atoms with Crippen LogP contribution in [0.15, 0.2) is 24.3 Å². The van der Waals surface area contributed by atoms with E-state index < -0.39 is 0 Å². The van der Waals surface area contributed by atoms with Crippen LogP contribution in [-0.4, -0.2) is 67.9 Å². The van der Waals surface area contributed by atoms with Gasteiger partial charge in [0.05, 0.1) is 32.5 Å². The predicted molar refractivity (Wildman–Crippen MR) is 96.8 cm³/mol. The summed E-state index contributed by atoms with van der Waals surface area (Å²) in [5, 5.41) is 0.538. The number of likely N-dealkylation sites (tertiary alicyclic amines) is 1. The van der Waals surface area contributed by atoms with Crippen LogP contribution in [-0.2, 0) is 10.5 Å².